The molecule has 8 nitrogen and oxygen atoms in total. The van der Waals surface area contributed by atoms with Gasteiger partial charge in [0.1, 0.15) is 5.82 Å². The van der Waals surface area contributed by atoms with Crippen LogP contribution in [0.3, 0.4) is 0 Å². The number of rotatable bonds is 2. The summed E-state index contributed by atoms with van der Waals surface area (Å²) in [6, 6.07) is 0. The lowest BCUT2D eigenvalue weighted by Gasteiger charge is -2.01. The Morgan fingerprint density at radius 1 is 1.53 bits per heavy atom. The van der Waals surface area contributed by atoms with Crippen LogP contribution in [-0.4, -0.2) is 37.3 Å². The van der Waals surface area contributed by atoms with E-state index in [0.29, 0.717) is 24.0 Å². The standard InChI is InChI=1S/C9H12N6O2/c1-4-17-6(3)10-7-8-13-11-5(2)15(8)9(16)14-12-7/h4H2,1-3H3,(H,14,16). The molecule has 0 aliphatic rings. The first kappa shape index (κ1) is 11.2. The fourth-order valence-electron chi connectivity index (χ4n) is 1.42. The summed E-state index contributed by atoms with van der Waals surface area (Å²) in [6.07, 6.45) is 0. The maximum atomic E-state index is 11.5. The van der Waals surface area contributed by atoms with Crippen molar-refractivity contribution in [3.63, 3.8) is 0 Å². The van der Waals surface area contributed by atoms with Gasteiger partial charge in [0.25, 0.3) is 0 Å². The van der Waals surface area contributed by atoms with Crippen LogP contribution in [0.15, 0.2) is 9.79 Å². The van der Waals surface area contributed by atoms with Gasteiger partial charge in [-0.15, -0.1) is 15.3 Å². The molecule has 0 saturated carbocycles. The van der Waals surface area contributed by atoms with Crippen LogP contribution in [0.1, 0.15) is 19.7 Å². The molecule has 0 atom stereocenters. The molecule has 2 rings (SSSR count). The summed E-state index contributed by atoms with van der Waals surface area (Å²) in [4.78, 5) is 15.6. The van der Waals surface area contributed by atoms with Crippen molar-refractivity contribution >= 4 is 17.4 Å². The highest BCUT2D eigenvalue weighted by Gasteiger charge is 2.10. The van der Waals surface area contributed by atoms with Crippen LogP contribution in [0.2, 0.25) is 0 Å². The van der Waals surface area contributed by atoms with Gasteiger partial charge >= 0.3 is 5.69 Å². The average molecular weight is 236 g/mol. The summed E-state index contributed by atoms with van der Waals surface area (Å²) in [6.45, 7) is 5.75. The zero-order chi connectivity index (χ0) is 12.4. The van der Waals surface area contributed by atoms with Gasteiger partial charge in [0, 0.05) is 6.92 Å². The molecular formula is C9H12N6O2. The van der Waals surface area contributed by atoms with Gasteiger partial charge in [0.15, 0.2) is 5.90 Å². The van der Waals surface area contributed by atoms with Crippen LogP contribution < -0.4 is 5.69 Å². The molecule has 0 bridgehead atoms. The molecule has 0 aromatic carbocycles. The van der Waals surface area contributed by atoms with E-state index in [4.69, 9.17) is 4.74 Å². The van der Waals surface area contributed by atoms with Crippen LogP contribution in [0, 0.1) is 6.92 Å². The molecule has 0 spiro atoms. The van der Waals surface area contributed by atoms with Crippen molar-refractivity contribution in [2.24, 2.45) is 4.99 Å². The van der Waals surface area contributed by atoms with E-state index in [1.807, 2.05) is 6.92 Å². The predicted molar refractivity (Wildman–Crippen MR) is 60.5 cm³/mol. The Morgan fingerprint density at radius 3 is 3.00 bits per heavy atom. The molecule has 0 fully saturated rings. The number of fused-ring (bicyclic) bond motifs is 1. The van der Waals surface area contributed by atoms with Gasteiger partial charge in [-0.25, -0.2) is 14.3 Å². The Morgan fingerprint density at radius 2 is 2.29 bits per heavy atom. The first-order valence-corrected chi connectivity index (χ1v) is 5.12. The topological polar surface area (TPSA) is 97.5 Å². The SMILES string of the molecule is CCOC(C)=Nc1n[nH]c(=O)n2c(C)nnc12. The van der Waals surface area contributed by atoms with Gasteiger partial charge < -0.3 is 4.74 Å². The molecule has 1 N–H and O–H groups in total. The molecule has 17 heavy (non-hydrogen) atoms. The summed E-state index contributed by atoms with van der Waals surface area (Å²) in [7, 11) is 0. The van der Waals surface area contributed by atoms with Gasteiger partial charge in [-0.1, -0.05) is 0 Å². The highest BCUT2D eigenvalue weighted by molar-refractivity contribution is 5.78. The minimum Gasteiger partial charge on any atom is -0.481 e. The molecular weight excluding hydrogens is 224 g/mol. The van der Waals surface area contributed by atoms with Gasteiger partial charge in [0.05, 0.1) is 6.61 Å². The second-order valence-electron chi connectivity index (χ2n) is 3.32. The fraction of sp³-hybridized carbons (Fsp3) is 0.444. The minimum atomic E-state index is -0.393. The highest BCUT2D eigenvalue weighted by Crippen LogP contribution is 2.12. The molecule has 0 radical (unpaired) electrons. The first-order valence-electron chi connectivity index (χ1n) is 5.12. The number of aryl methyl sites for hydroxylation is 1. The van der Waals surface area contributed by atoms with Crippen molar-refractivity contribution < 1.29 is 4.74 Å². The van der Waals surface area contributed by atoms with Crippen LogP contribution in [-0.2, 0) is 4.74 Å². The summed E-state index contributed by atoms with van der Waals surface area (Å²) in [5.74, 6) is 1.21. The zero-order valence-corrected chi connectivity index (χ0v) is 9.76. The molecule has 0 amide bonds. The molecule has 90 valence electrons. The molecule has 2 aromatic heterocycles. The number of hydrogen-bond acceptors (Lipinski definition) is 6. The van der Waals surface area contributed by atoms with E-state index in [2.05, 4.69) is 25.4 Å². The molecule has 2 aromatic rings. The third kappa shape index (κ3) is 2.01. The number of hydrogen-bond donors (Lipinski definition) is 1. The highest BCUT2D eigenvalue weighted by atomic mass is 16.5. The Kier molecular flexibility index (Phi) is 2.86. The number of nitrogens with zero attached hydrogens (tertiary/aromatic N) is 5. The lowest BCUT2D eigenvalue weighted by atomic mass is 10.6. The number of nitrogens with one attached hydrogen (secondary N) is 1. The monoisotopic (exact) mass is 236 g/mol. The predicted octanol–water partition coefficient (Wildman–Crippen LogP) is 0.207. The smallest absolute Gasteiger partial charge is 0.349 e. The van der Waals surface area contributed by atoms with Gasteiger partial charge in [-0.2, -0.15) is 4.99 Å². The minimum absolute atomic E-state index is 0.274. The average Bonchev–Trinajstić information content (AvgIpc) is 2.66. The summed E-state index contributed by atoms with van der Waals surface area (Å²) >= 11 is 0. The number of ether oxygens (including phenoxy) is 1. The van der Waals surface area contributed by atoms with Crippen molar-refractivity contribution in [2.75, 3.05) is 6.61 Å². The second kappa shape index (κ2) is 4.32. The van der Waals surface area contributed by atoms with Crippen molar-refractivity contribution in [2.45, 2.75) is 20.8 Å². The maximum absolute atomic E-state index is 11.5. The van der Waals surface area contributed by atoms with Crippen molar-refractivity contribution in [1.82, 2.24) is 24.8 Å². The number of aromatic nitrogens is 5. The number of aromatic amines is 1. The summed E-state index contributed by atoms with van der Waals surface area (Å²) < 4.78 is 6.50. The van der Waals surface area contributed by atoms with Crippen LogP contribution >= 0.6 is 0 Å². The molecule has 0 unspecified atom stereocenters. The quantitative estimate of drug-likeness (QED) is 0.593. The van der Waals surface area contributed by atoms with E-state index in [-0.39, 0.29) is 5.82 Å². The number of aliphatic imine (C=N–C) groups is 1. The Balaban J connectivity index is 2.60. The fourth-order valence-corrected chi connectivity index (χ4v) is 1.42. The summed E-state index contributed by atoms with van der Waals surface area (Å²) in [5.41, 5.74) is -0.0826. The van der Waals surface area contributed by atoms with Gasteiger partial charge in [-0.05, 0) is 13.8 Å². The largest absolute Gasteiger partial charge is 0.481 e. The lowest BCUT2D eigenvalue weighted by molar-refractivity contribution is 0.324. The molecule has 2 heterocycles. The van der Waals surface area contributed by atoms with E-state index < -0.39 is 5.69 Å². The second-order valence-corrected chi connectivity index (χ2v) is 3.32. The Labute approximate surface area is 96.4 Å². The first-order chi connectivity index (χ1) is 8.13. The van der Waals surface area contributed by atoms with Crippen LogP contribution in [0.4, 0.5) is 5.82 Å². The van der Waals surface area contributed by atoms with Crippen LogP contribution in [0.25, 0.3) is 5.65 Å². The van der Waals surface area contributed by atoms with Gasteiger partial charge in [-0.3, -0.25) is 0 Å². The van der Waals surface area contributed by atoms with Crippen molar-refractivity contribution in [3.05, 3.63) is 16.3 Å². The van der Waals surface area contributed by atoms with Gasteiger partial charge in [0.2, 0.25) is 11.5 Å². The Hall–Kier alpha value is -2.25. The molecule has 8 heteroatoms. The van der Waals surface area contributed by atoms with E-state index in [0.717, 1.165) is 0 Å². The molecule has 0 saturated heterocycles. The lowest BCUT2D eigenvalue weighted by Crippen LogP contribution is -2.18. The Bertz CT molecular complexity index is 626. The van der Waals surface area contributed by atoms with Crippen molar-refractivity contribution in [3.8, 4) is 0 Å². The third-order valence-corrected chi connectivity index (χ3v) is 2.10. The van der Waals surface area contributed by atoms with E-state index in [1.165, 1.54) is 4.40 Å². The number of H-pyrrole nitrogens is 1. The maximum Gasteiger partial charge on any atom is 0.349 e. The molecule has 0 aliphatic carbocycles. The zero-order valence-electron chi connectivity index (χ0n) is 9.76. The molecule has 0 aliphatic heterocycles. The normalized spacial score (nSPS) is 12.1. The van der Waals surface area contributed by atoms with E-state index in [9.17, 15) is 4.79 Å². The van der Waals surface area contributed by atoms with E-state index in [1.54, 1.807) is 13.8 Å². The third-order valence-electron chi connectivity index (χ3n) is 2.10. The van der Waals surface area contributed by atoms with E-state index >= 15 is 0 Å². The van der Waals surface area contributed by atoms with Crippen LogP contribution in [0.5, 0.6) is 0 Å². The summed E-state index contributed by atoms with van der Waals surface area (Å²) in [5, 5.41) is 13.8. The van der Waals surface area contributed by atoms with Crippen molar-refractivity contribution in [1.29, 1.82) is 0 Å².